The molecule has 2 heterocycles. The molecule has 1 aromatic carbocycles. The molecule has 1 amide bonds. The van der Waals surface area contributed by atoms with Gasteiger partial charge in [-0.2, -0.15) is 0 Å². The lowest BCUT2D eigenvalue weighted by Gasteiger charge is -2.11. The van der Waals surface area contributed by atoms with Gasteiger partial charge in [0.25, 0.3) is 5.91 Å². The van der Waals surface area contributed by atoms with Crippen LogP contribution >= 0.6 is 24.0 Å². The van der Waals surface area contributed by atoms with E-state index in [1.54, 1.807) is 23.1 Å². The Balaban J connectivity index is 1.69. The van der Waals surface area contributed by atoms with Gasteiger partial charge in [-0.3, -0.25) is 9.69 Å². The molecule has 0 aliphatic carbocycles. The molecule has 0 saturated carbocycles. The van der Waals surface area contributed by atoms with Crippen LogP contribution in [0, 0.1) is 0 Å². The maximum absolute atomic E-state index is 12.4. The minimum Gasteiger partial charge on any atom is -0.462 e. The second-order valence-corrected chi connectivity index (χ2v) is 8.28. The average Bonchev–Trinajstić information content (AvgIpc) is 3.29. The second-order valence-electron chi connectivity index (χ2n) is 6.60. The fraction of sp³-hybridized carbons (Fsp3) is 0.318. The van der Waals surface area contributed by atoms with Gasteiger partial charge in [-0.15, -0.1) is 0 Å². The first-order valence-electron chi connectivity index (χ1n) is 9.66. The van der Waals surface area contributed by atoms with E-state index in [0.717, 1.165) is 24.8 Å². The third-order valence-corrected chi connectivity index (χ3v) is 5.73. The average molecular weight is 430 g/mol. The summed E-state index contributed by atoms with van der Waals surface area (Å²) in [5.74, 6) is 0.844. The molecule has 152 valence electrons. The Morgan fingerprint density at radius 3 is 2.62 bits per heavy atom. The first-order valence-corrected chi connectivity index (χ1v) is 10.9. The molecule has 2 aromatic rings. The van der Waals surface area contributed by atoms with Crippen LogP contribution in [0.25, 0.3) is 17.4 Å². The zero-order valence-corrected chi connectivity index (χ0v) is 18.1. The molecule has 0 spiro atoms. The summed E-state index contributed by atoms with van der Waals surface area (Å²) in [5.41, 5.74) is 1.35. The van der Waals surface area contributed by atoms with Crippen molar-refractivity contribution in [2.24, 2.45) is 0 Å². The highest BCUT2D eigenvalue weighted by atomic mass is 32.2. The number of amides is 1. The summed E-state index contributed by atoms with van der Waals surface area (Å²) in [6.07, 6.45) is 4.41. The maximum Gasteiger partial charge on any atom is 0.338 e. The van der Waals surface area contributed by atoms with Crippen LogP contribution in [0.3, 0.4) is 0 Å². The van der Waals surface area contributed by atoms with Gasteiger partial charge in [0.2, 0.25) is 0 Å². The van der Waals surface area contributed by atoms with Crippen molar-refractivity contribution >= 4 is 46.3 Å². The summed E-state index contributed by atoms with van der Waals surface area (Å²) >= 11 is 6.58. The normalized spacial score (nSPS) is 15.4. The Morgan fingerprint density at radius 2 is 1.93 bits per heavy atom. The monoisotopic (exact) mass is 429 g/mol. The number of nitrogens with zero attached hydrogens (tertiary/aromatic N) is 1. The summed E-state index contributed by atoms with van der Waals surface area (Å²) in [6, 6.07) is 10.7. The van der Waals surface area contributed by atoms with Crippen molar-refractivity contribution in [1.82, 2.24) is 4.90 Å². The van der Waals surface area contributed by atoms with E-state index in [-0.39, 0.29) is 11.9 Å². The van der Waals surface area contributed by atoms with E-state index in [2.05, 4.69) is 0 Å². The first-order chi connectivity index (χ1) is 14.0. The van der Waals surface area contributed by atoms with E-state index in [0.29, 0.717) is 39.5 Å². The molecule has 1 aliphatic heterocycles. The highest BCUT2D eigenvalue weighted by molar-refractivity contribution is 8.26. The van der Waals surface area contributed by atoms with Gasteiger partial charge in [0.05, 0.1) is 17.1 Å². The van der Waals surface area contributed by atoms with Crippen LogP contribution in [0.1, 0.15) is 49.2 Å². The van der Waals surface area contributed by atoms with E-state index < -0.39 is 0 Å². The van der Waals surface area contributed by atoms with Crippen LogP contribution in [0.5, 0.6) is 0 Å². The summed E-state index contributed by atoms with van der Waals surface area (Å²) in [7, 11) is 0. The number of hydrogen-bond acceptors (Lipinski definition) is 6. The summed E-state index contributed by atoms with van der Waals surface area (Å²) in [5, 5.41) is 0. The van der Waals surface area contributed by atoms with E-state index in [9.17, 15) is 9.59 Å². The molecule has 0 bridgehead atoms. The third kappa shape index (κ3) is 5.16. The van der Waals surface area contributed by atoms with Gasteiger partial charge in [-0.05, 0) is 37.1 Å². The summed E-state index contributed by atoms with van der Waals surface area (Å²) in [4.78, 5) is 26.6. The van der Waals surface area contributed by atoms with E-state index >= 15 is 0 Å². The minimum absolute atomic E-state index is 0.0780. The van der Waals surface area contributed by atoms with Crippen LogP contribution in [0.2, 0.25) is 0 Å². The van der Waals surface area contributed by atoms with Crippen LogP contribution < -0.4 is 0 Å². The number of carbonyl (C=O) groups excluding carboxylic acids is 2. The molecule has 1 aliphatic rings. The van der Waals surface area contributed by atoms with Crippen molar-refractivity contribution in [2.45, 2.75) is 33.1 Å². The van der Waals surface area contributed by atoms with E-state index in [1.807, 2.05) is 38.1 Å². The number of rotatable bonds is 8. The fourth-order valence-corrected chi connectivity index (χ4v) is 4.08. The molecule has 29 heavy (non-hydrogen) atoms. The number of hydrogen-bond donors (Lipinski definition) is 0. The number of esters is 1. The second kappa shape index (κ2) is 9.89. The SMILES string of the molecule is CCCCOC(=O)c1ccc(-c2ccc(/C=C3\SC(=S)N(CCC)C3=O)o2)cc1. The lowest BCUT2D eigenvalue weighted by Crippen LogP contribution is -2.28. The van der Waals surface area contributed by atoms with E-state index in [4.69, 9.17) is 21.4 Å². The number of benzene rings is 1. The first kappa shape index (κ1) is 21.3. The maximum atomic E-state index is 12.4. The zero-order chi connectivity index (χ0) is 20.8. The quantitative estimate of drug-likeness (QED) is 0.238. The molecule has 5 nitrogen and oxygen atoms in total. The number of carbonyl (C=O) groups is 2. The minimum atomic E-state index is -0.320. The van der Waals surface area contributed by atoms with E-state index in [1.165, 1.54) is 11.8 Å². The largest absolute Gasteiger partial charge is 0.462 e. The fourth-order valence-electron chi connectivity index (χ4n) is 2.79. The number of furan rings is 1. The van der Waals surface area contributed by atoms with Gasteiger partial charge in [0.15, 0.2) is 0 Å². The Labute approximate surface area is 180 Å². The predicted molar refractivity (Wildman–Crippen MR) is 120 cm³/mol. The van der Waals surface area contributed by atoms with Gasteiger partial charge in [0, 0.05) is 18.2 Å². The van der Waals surface area contributed by atoms with Gasteiger partial charge in [-0.25, -0.2) is 4.79 Å². The number of unbranched alkanes of at least 4 members (excludes halogenated alkanes) is 1. The van der Waals surface area contributed by atoms with Crippen molar-refractivity contribution in [3.63, 3.8) is 0 Å². The van der Waals surface area contributed by atoms with Gasteiger partial charge >= 0.3 is 5.97 Å². The molecule has 0 radical (unpaired) electrons. The lowest BCUT2D eigenvalue weighted by atomic mass is 10.1. The molecule has 1 fully saturated rings. The van der Waals surface area contributed by atoms with Gasteiger partial charge in [-0.1, -0.05) is 56.4 Å². The zero-order valence-electron chi connectivity index (χ0n) is 16.5. The van der Waals surface area contributed by atoms with Crippen molar-refractivity contribution < 1.29 is 18.7 Å². The van der Waals surface area contributed by atoms with Crippen LogP contribution in [-0.4, -0.2) is 34.2 Å². The highest BCUT2D eigenvalue weighted by Crippen LogP contribution is 2.33. The number of thioether (sulfide) groups is 1. The Morgan fingerprint density at radius 1 is 1.17 bits per heavy atom. The Kier molecular flexibility index (Phi) is 7.28. The Hall–Kier alpha value is -2.38. The van der Waals surface area contributed by atoms with Crippen LogP contribution in [-0.2, 0) is 9.53 Å². The molecular formula is C22H23NO4S2. The smallest absolute Gasteiger partial charge is 0.338 e. The molecule has 0 unspecified atom stereocenters. The standard InChI is InChI=1S/C22H23NO4S2/c1-3-5-13-26-21(25)16-8-6-15(7-9-16)18-11-10-17(27-18)14-19-20(24)23(12-4-2)22(28)29-19/h6-11,14H,3-5,12-13H2,1-2H3/b19-14-. The van der Waals surface area contributed by atoms with Crippen molar-refractivity contribution in [1.29, 1.82) is 0 Å². The van der Waals surface area contributed by atoms with Crippen molar-refractivity contribution in [3.05, 3.63) is 52.6 Å². The van der Waals surface area contributed by atoms with Crippen LogP contribution in [0.15, 0.2) is 45.7 Å². The van der Waals surface area contributed by atoms with Crippen LogP contribution in [0.4, 0.5) is 0 Å². The molecular weight excluding hydrogens is 406 g/mol. The summed E-state index contributed by atoms with van der Waals surface area (Å²) in [6.45, 7) is 5.12. The molecule has 7 heteroatoms. The van der Waals surface area contributed by atoms with Gasteiger partial charge in [0.1, 0.15) is 15.8 Å². The lowest BCUT2D eigenvalue weighted by molar-refractivity contribution is -0.122. The number of thiocarbonyl (C=S) groups is 1. The van der Waals surface area contributed by atoms with Crippen molar-refractivity contribution in [2.75, 3.05) is 13.2 Å². The molecule has 0 N–H and O–H groups in total. The molecule has 1 saturated heterocycles. The summed E-state index contributed by atoms with van der Waals surface area (Å²) < 4.78 is 11.7. The molecule has 1 aromatic heterocycles. The molecule has 3 rings (SSSR count). The molecule has 0 atom stereocenters. The predicted octanol–water partition coefficient (Wildman–Crippen LogP) is 5.51. The van der Waals surface area contributed by atoms with Crippen molar-refractivity contribution in [3.8, 4) is 11.3 Å². The van der Waals surface area contributed by atoms with Gasteiger partial charge < -0.3 is 9.15 Å². The highest BCUT2D eigenvalue weighted by Gasteiger charge is 2.31. The Bertz CT molecular complexity index is 931. The third-order valence-electron chi connectivity index (χ3n) is 4.36. The topological polar surface area (TPSA) is 59.8 Å². The number of ether oxygens (including phenoxy) is 1.